The number of carbonyl (C=O) groups is 1. The summed E-state index contributed by atoms with van der Waals surface area (Å²) in [5, 5.41) is 9.24. The largest absolute Gasteiger partial charge is 0.507 e. The maximum atomic E-state index is 12.7. The number of alkyl halides is 6. The quantitative estimate of drug-likeness (QED) is 0.685. The van der Waals surface area contributed by atoms with E-state index in [1.165, 1.54) is 6.92 Å². The van der Waals surface area contributed by atoms with Crippen molar-refractivity contribution in [1.82, 2.24) is 0 Å². The Labute approximate surface area is 115 Å². The molecule has 0 aromatic heterocycles. The van der Waals surface area contributed by atoms with E-state index in [-0.39, 0.29) is 12.7 Å². The van der Waals surface area contributed by atoms with Crippen LogP contribution in [0.4, 0.5) is 26.3 Å². The number of aromatic hydroxyl groups is 1. The molecular formula is C12H10F6O3. The van der Waals surface area contributed by atoms with E-state index >= 15 is 0 Å². The van der Waals surface area contributed by atoms with E-state index in [9.17, 15) is 36.2 Å². The highest BCUT2D eigenvalue weighted by molar-refractivity contribution is 5.73. The molecule has 118 valence electrons. The lowest BCUT2D eigenvalue weighted by atomic mass is 10.00. The van der Waals surface area contributed by atoms with Crippen LogP contribution in [0, 0.1) is 0 Å². The van der Waals surface area contributed by atoms with E-state index in [2.05, 4.69) is 4.74 Å². The van der Waals surface area contributed by atoms with Gasteiger partial charge in [-0.1, -0.05) is 0 Å². The highest BCUT2D eigenvalue weighted by Gasteiger charge is 2.45. The molecule has 3 nitrogen and oxygen atoms in total. The van der Waals surface area contributed by atoms with Crippen LogP contribution in [0.3, 0.4) is 0 Å². The van der Waals surface area contributed by atoms with Gasteiger partial charge in [-0.3, -0.25) is 4.79 Å². The summed E-state index contributed by atoms with van der Waals surface area (Å²) < 4.78 is 80.4. The van der Waals surface area contributed by atoms with Crippen molar-refractivity contribution in [2.45, 2.75) is 25.7 Å². The summed E-state index contributed by atoms with van der Waals surface area (Å²) in [5.74, 6) is -2.50. The molecule has 21 heavy (non-hydrogen) atoms. The van der Waals surface area contributed by atoms with E-state index in [0.29, 0.717) is 6.07 Å². The topological polar surface area (TPSA) is 46.5 Å². The third kappa shape index (κ3) is 4.27. The smallest absolute Gasteiger partial charge is 0.420 e. The monoisotopic (exact) mass is 316 g/mol. The lowest BCUT2D eigenvalue weighted by Crippen LogP contribution is -2.18. The molecule has 1 aromatic carbocycles. The van der Waals surface area contributed by atoms with E-state index < -0.39 is 47.2 Å². The van der Waals surface area contributed by atoms with Gasteiger partial charge in [-0.15, -0.1) is 0 Å². The number of rotatable bonds is 3. The van der Waals surface area contributed by atoms with Gasteiger partial charge in [0.05, 0.1) is 18.6 Å². The van der Waals surface area contributed by atoms with E-state index in [1.807, 2.05) is 0 Å². The zero-order valence-electron chi connectivity index (χ0n) is 10.6. The first-order valence-corrected chi connectivity index (χ1v) is 5.62. The molecule has 0 heterocycles. The van der Waals surface area contributed by atoms with Gasteiger partial charge in [0.2, 0.25) is 0 Å². The molecule has 0 aliphatic heterocycles. The second-order valence-electron chi connectivity index (χ2n) is 4.01. The van der Waals surface area contributed by atoms with Crippen LogP contribution >= 0.6 is 0 Å². The molecule has 0 radical (unpaired) electrons. The Morgan fingerprint density at radius 3 is 2.14 bits per heavy atom. The predicted octanol–water partition coefficient (Wildman–Crippen LogP) is 3.54. The average molecular weight is 316 g/mol. The fourth-order valence-electron chi connectivity index (χ4n) is 1.69. The minimum absolute atomic E-state index is 0.0302. The lowest BCUT2D eigenvalue weighted by Gasteiger charge is -2.18. The number of halogens is 6. The van der Waals surface area contributed by atoms with Crippen molar-refractivity contribution in [2.24, 2.45) is 0 Å². The van der Waals surface area contributed by atoms with Crippen molar-refractivity contribution in [1.29, 1.82) is 0 Å². The molecule has 0 fully saturated rings. The Bertz CT molecular complexity index is 533. The minimum atomic E-state index is -5.38. The Morgan fingerprint density at radius 1 is 1.14 bits per heavy atom. The first kappa shape index (κ1) is 17.1. The summed E-state index contributed by atoms with van der Waals surface area (Å²) in [4.78, 5) is 11.2. The molecule has 1 rings (SSSR count). The van der Waals surface area contributed by atoms with Crippen LogP contribution < -0.4 is 0 Å². The number of phenols is 1. The van der Waals surface area contributed by atoms with E-state index in [4.69, 9.17) is 0 Å². The van der Waals surface area contributed by atoms with E-state index in [1.54, 1.807) is 0 Å². The predicted molar refractivity (Wildman–Crippen MR) is 58.4 cm³/mol. The number of carbonyl (C=O) groups excluding carboxylic acids is 1. The molecular weight excluding hydrogens is 306 g/mol. The van der Waals surface area contributed by atoms with Crippen molar-refractivity contribution in [2.75, 3.05) is 6.61 Å². The molecule has 0 spiro atoms. The summed E-state index contributed by atoms with van der Waals surface area (Å²) >= 11 is 0. The minimum Gasteiger partial charge on any atom is -0.507 e. The van der Waals surface area contributed by atoms with Gasteiger partial charge in [-0.05, 0) is 24.6 Å². The first-order valence-electron chi connectivity index (χ1n) is 5.62. The molecule has 9 heteroatoms. The van der Waals surface area contributed by atoms with Gasteiger partial charge in [0.15, 0.2) is 0 Å². The van der Waals surface area contributed by atoms with Crippen LogP contribution in [0.2, 0.25) is 0 Å². The molecule has 0 bridgehead atoms. The second-order valence-corrected chi connectivity index (χ2v) is 4.01. The summed E-state index contributed by atoms with van der Waals surface area (Å²) in [6, 6.07) is 0.647. The number of hydrogen-bond acceptors (Lipinski definition) is 3. The standard InChI is InChI=1S/C12H10F6O3/c1-2-21-9(20)5-6-3-7(11(13,14)15)10(8(19)4-6)12(16,17)18/h3-4,19H,2,5H2,1H3. The number of phenolic OH excluding ortho intramolecular Hbond substituents is 1. The van der Waals surface area contributed by atoms with Crippen molar-refractivity contribution in [3.63, 3.8) is 0 Å². The Balaban J connectivity index is 3.36. The average Bonchev–Trinajstić information content (AvgIpc) is 2.24. The van der Waals surface area contributed by atoms with Gasteiger partial charge in [0, 0.05) is 0 Å². The van der Waals surface area contributed by atoms with Gasteiger partial charge in [-0.2, -0.15) is 26.3 Å². The maximum Gasteiger partial charge on any atom is 0.420 e. The number of benzene rings is 1. The molecule has 0 aliphatic rings. The van der Waals surface area contributed by atoms with Crippen LogP contribution in [0.15, 0.2) is 12.1 Å². The fraction of sp³-hybridized carbons (Fsp3) is 0.417. The molecule has 1 N–H and O–H groups in total. The highest BCUT2D eigenvalue weighted by atomic mass is 19.4. The third-order valence-corrected chi connectivity index (χ3v) is 2.42. The zero-order chi connectivity index (χ0) is 16.4. The molecule has 0 amide bonds. The van der Waals surface area contributed by atoms with Crippen LogP contribution in [0.1, 0.15) is 23.6 Å². The van der Waals surface area contributed by atoms with Gasteiger partial charge in [0.1, 0.15) is 11.3 Å². The summed E-state index contributed by atoms with van der Waals surface area (Å²) in [6.07, 6.45) is -11.4. The Morgan fingerprint density at radius 2 is 1.71 bits per heavy atom. The van der Waals surface area contributed by atoms with Crippen molar-refractivity contribution >= 4 is 5.97 Å². The van der Waals surface area contributed by atoms with Crippen molar-refractivity contribution in [3.05, 3.63) is 28.8 Å². The molecule has 0 aliphatic carbocycles. The third-order valence-electron chi connectivity index (χ3n) is 2.42. The molecule has 0 unspecified atom stereocenters. The van der Waals surface area contributed by atoms with Crippen LogP contribution in [0.5, 0.6) is 5.75 Å². The summed E-state index contributed by atoms with van der Waals surface area (Å²) in [5.41, 5.74) is -4.65. The zero-order valence-corrected chi connectivity index (χ0v) is 10.6. The van der Waals surface area contributed by atoms with Gasteiger partial charge in [0.25, 0.3) is 0 Å². The van der Waals surface area contributed by atoms with Gasteiger partial charge in [-0.25, -0.2) is 0 Å². The van der Waals surface area contributed by atoms with Crippen LogP contribution in [0.25, 0.3) is 0 Å². The normalized spacial score (nSPS) is 12.3. The van der Waals surface area contributed by atoms with E-state index in [0.717, 1.165) is 0 Å². The number of esters is 1. The summed E-state index contributed by atoms with van der Waals surface area (Å²) in [7, 11) is 0. The second kappa shape index (κ2) is 5.82. The molecule has 0 atom stereocenters. The molecule has 0 saturated carbocycles. The summed E-state index contributed by atoms with van der Waals surface area (Å²) in [6.45, 7) is 1.43. The van der Waals surface area contributed by atoms with Crippen LogP contribution in [-0.4, -0.2) is 17.7 Å². The van der Waals surface area contributed by atoms with Crippen LogP contribution in [-0.2, 0) is 28.3 Å². The molecule has 0 saturated heterocycles. The highest BCUT2D eigenvalue weighted by Crippen LogP contribution is 2.45. The van der Waals surface area contributed by atoms with Crippen molar-refractivity contribution in [3.8, 4) is 5.75 Å². The van der Waals surface area contributed by atoms with Gasteiger partial charge < -0.3 is 9.84 Å². The SMILES string of the molecule is CCOC(=O)Cc1cc(O)c(C(F)(F)F)c(C(F)(F)F)c1. The van der Waals surface area contributed by atoms with Gasteiger partial charge >= 0.3 is 18.3 Å². The first-order chi connectivity index (χ1) is 9.46. The Kier molecular flexibility index (Phi) is 4.75. The van der Waals surface area contributed by atoms with Crippen molar-refractivity contribution < 1.29 is 41.0 Å². The molecule has 1 aromatic rings. The lowest BCUT2D eigenvalue weighted by molar-refractivity contribution is -0.163. The number of hydrogen-bond donors (Lipinski definition) is 1. The fourth-order valence-corrected chi connectivity index (χ4v) is 1.69. The number of ether oxygens (including phenoxy) is 1. The Hall–Kier alpha value is -1.93. The maximum absolute atomic E-state index is 12.7.